The van der Waals surface area contributed by atoms with E-state index in [0.717, 1.165) is 25.7 Å². The number of nitro groups is 1. The first-order valence-corrected chi connectivity index (χ1v) is 7.46. The third-order valence-electron chi connectivity index (χ3n) is 3.82. The molecule has 0 radical (unpaired) electrons. The maximum absolute atomic E-state index is 13.1. The van der Waals surface area contributed by atoms with Crippen molar-refractivity contribution in [2.24, 2.45) is 5.92 Å². The van der Waals surface area contributed by atoms with E-state index in [4.69, 9.17) is 0 Å². The third kappa shape index (κ3) is 4.67. The minimum atomic E-state index is -0.589. The minimum Gasteiger partial charge on any atom is -0.379 e. The fourth-order valence-electron chi connectivity index (χ4n) is 2.74. The van der Waals surface area contributed by atoms with Crippen molar-refractivity contribution in [2.45, 2.75) is 26.2 Å². The van der Waals surface area contributed by atoms with Gasteiger partial charge in [-0.05, 0) is 44.0 Å². The van der Waals surface area contributed by atoms with Crippen LogP contribution in [0.5, 0.6) is 0 Å². The molecule has 2 rings (SSSR count). The van der Waals surface area contributed by atoms with Gasteiger partial charge >= 0.3 is 0 Å². The van der Waals surface area contributed by atoms with E-state index in [1.165, 1.54) is 31.4 Å². The van der Waals surface area contributed by atoms with Crippen LogP contribution in [0.2, 0.25) is 0 Å². The first-order chi connectivity index (χ1) is 10.1. The maximum Gasteiger partial charge on any atom is 0.295 e. The molecule has 21 heavy (non-hydrogen) atoms. The number of anilines is 1. The predicted molar refractivity (Wildman–Crippen MR) is 81.0 cm³/mol. The van der Waals surface area contributed by atoms with Crippen LogP contribution in [0.4, 0.5) is 15.8 Å². The molecular formula is C15H22FN3O2. The Hall–Kier alpha value is -1.69. The van der Waals surface area contributed by atoms with Gasteiger partial charge in [-0.3, -0.25) is 10.1 Å². The molecule has 5 nitrogen and oxygen atoms in total. The molecule has 1 aliphatic heterocycles. The monoisotopic (exact) mass is 295 g/mol. The first-order valence-electron chi connectivity index (χ1n) is 7.46. The first kappa shape index (κ1) is 15.7. The van der Waals surface area contributed by atoms with Crippen molar-refractivity contribution in [1.82, 2.24) is 4.90 Å². The zero-order valence-electron chi connectivity index (χ0n) is 12.3. The van der Waals surface area contributed by atoms with Crippen molar-refractivity contribution in [3.63, 3.8) is 0 Å². The summed E-state index contributed by atoms with van der Waals surface area (Å²) >= 11 is 0. The van der Waals surface area contributed by atoms with Crippen LogP contribution < -0.4 is 5.32 Å². The number of benzene rings is 1. The fraction of sp³-hybridized carbons (Fsp3) is 0.600. The van der Waals surface area contributed by atoms with Crippen LogP contribution in [0.25, 0.3) is 0 Å². The second-order valence-electron chi connectivity index (χ2n) is 5.77. The molecule has 1 fully saturated rings. The smallest absolute Gasteiger partial charge is 0.295 e. The maximum atomic E-state index is 13.1. The van der Waals surface area contributed by atoms with Gasteiger partial charge in [0.15, 0.2) is 0 Å². The number of hydrogen-bond acceptors (Lipinski definition) is 4. The summed E-state index contributed by atoms with van der Waals surface area (Å²) < 4.78 is 13.1. The van der Waals surface area contributed by atoms with E-state index in [9.17, 15) is 14.5 Å². The van der Waals surface area contributed by atoms with E-state index in [1.54, 1.807) is 0 Å². The van der Waals surface area contributed by atoms with Crippen LogP contribution in [-0.4, -0.2) is 36.0 Å². The lowest BCUT2D eigenvalue weighted by molar-refractivity contribution is -0.384. The number of nitrogens with one attached hydrogen (secondary N) is 1. The van der Waals surface area contributed by atoms with Crippen LogP contribution >= 0.6 is 0 Å². The Labute approximate surface area is 124 Å². The second kappa shape index (κ2) is 7.36. The Bertz CT molecular complexity index is 490. The second-order valence-corrected chi connectivity index (χ2v) is 5.77. The Morgan fingerprint density at radius 3 is 2.76 bits per heavy atom. The summed E-state index contributed by atoms with van der Waals surface area (Å²) in [5.41, 5.74) is 0.173. The van der Waals surface area contributed by atoms with E-state index in [1.807, 2.05) is 0 Å². The third-order valence-corrected chi connectivity index (χ3v) is 3.82. The van der Waals surface area contributed by atoms with Gasteiger partial charge < -0.3 is 10.2 Å². The van der Waals surface area contributed by atoms with Gasteiger partial charge in [0.25, 0.3) is 5.69 Å². The molecule has 1 aromatic carbocycles. The molecule has 1 heterocycles. The molecule has 1 N–H and O–H groups in total. The minimum absolute atomic E-state index is 0.208. The lowest BCUT2D eigenvalue weighted by Gasteiger charge is -2.29. The molecular weight excluding hydrogens is 273 g/mol. The molecule has 1 saturated heterocycles. The number of piperidine rings is 1. The summed E-state index contributed by atoms with van der Waals surface area (Å²) in [6, 6.07) is 3.63. The summed E-state index contributed by atoms with van der Waals surface area (Å²) in [5.74, 6) is -0.207. The van der Waals surface area contributed by atoms with Crippen LogP contribution in [0.15, 0.2) is 18.2 Å². The number of halogens is 1. The van der Waals surface area contributed by atoms with Gasteiger partial charge in [-0.2, -0.15) is 0 Å². The lowest BCUT2D eigenvalue weighted by Crippen LogP contribution is -2.35. The summed E-state index contributed by atoms with van der Waals surface area (Å²) in [6.07, 6.45) is 3.82. The molecule has 0 bridgehead atoms. The standard InChI is InChI=1S/C15H22FN3O2/c1-12(11-18-7-3-2-4-8-18)10-17-14-6-5-13(16)9-15(14)19(20)21/h5-6,9,12,17H,2-4,7-8,10-11H2,1H3. The van der Waals surface area contributed by atoms with Crippen molar-refractivity contribution < 1.29 is 9.31 Å². The van der Waals surface area contributed by atoms with Gasteiger partial charge in [-0.15, -0.1) is 0 Å². The SMILES string of the molecule is CC(CNc1ccc(F)cc1[N+](=O)[O-])CN1CCCCC1. The van der Waals surface area contributed by atoms with E-state index in [-0.39, 0.29) is 5.69 Å². The largest absolute Gasteiger partial charge is 0.379 e. The highest BCUT2D eigenvalue weighted by Gasteiger charge is 2.17. The highest BCUT2D eigenvalue weighted by atomic mass is 19.1. The Morgan fingerprint density at radius 2 is 2.10 bits per heavy atom. The predicted octanol–water partition coefficient (Wildman–Crippen LogP) is 3.27. The summed E-state index contributed by atoms with van der Waals surface area (Å²) in [4.78, 5) is 12.8. The van der Waals surface area contributed by atoms with Crippen molar-refractivity contribution in [1.29, 1.82) is 0 Å². The quantitative estimate of drug-likeness (QED) is 0.646. The summed E-state index contributed by atoms with van der Waals surface area (Å²) in [5, 5.41) is 14.0. The molecule has 0 aliphatic carbocycles. The van der Waals surface area contributed by atoms with Gasteiger partial charge in [-0.1, -0.05) is 13.3 Å². The van der Waals surface area contributed by atoms with Crippen LogP contribution in [0, 0.1) is 21.8 Å². The number of nitro benzene ring substituents is 1. The zero-order valence-corrected chi connectivity index (χ0v) is 12.3. The Morgan fingerprint density at radius 1 is 1.38 bits per heavy atom. The van der Waals surface area contributed by atoms with Gasteiger partial charge in [0.1, 0.15) is 11.5 Å². The van der Waals surface area contributed by atoms with Crippen molar-refractivity contribution >= 4 is 11.4 Å². The molecule has 6 heteroatoms. The van der Waals surface area contributed by atoms with Gasteiger partial charge in [0.2, 0.25) is 0 Å². The molecule has 0 saturated carbocycles. The van der Waals surface area contributed by atoms with E-state index >= 15 is 0 Å². The highest BCUT2D eigenvalue weighted by Crippen LogP contribution is 2.25. The molecule has 0 spiro atoms. The van der Waals surface area contributed by atoms with Crippen molar-refractivity contribution in [2.75, 3.05) is 31.5 Å². The average Bonchev–Trinajstić information content (AvgIpc) is 2.47. The van der Waals surface area contributed by atoms with Gasteiger partial charge in [0, 0.05) is 13.1 Å². The van der Waals surface area contributed by atoms with Gasteiger partial charge in [-0.25, -0.2) is 4.39 Å². The Kier molecular flexibility index (Phi) is 5.50. The molecule has 0 aromatic heterocycles. The molecule has 0 amide bonds. The van der Waals surface area contributed by atoms with E-state index < -0.39 is 10.7 Å². The normalized spacial score (nSPS) is 17.4. The highest BCUT2D eigenvalue weighted by molar-refractivity contribution is 5.61. The van der Waals surface area contributed by atoms with Crippen LogP contribution in [-0.2, 0) is 0 Å². The molecule has 116 valence electrons. The van der Waals surface area contributed by atoms with Crippen molar-refractivity contribution in [3.8, 4) is 0 Å². The van der Waals surface area contributed by atoms with Crippen LogP contribution in [0.1, 0.15) is 26.2 Å². The van der Waals surface area contributed by atoms with Gasteiger partial charge in [0.05, 0.1) is 11.0 Å². The number of hydrogen-bond donors (Lipinski definition) is 1. The average molecular weight is 295 g/mol. The number of rotatable bonds is 6. The van der Waals surface area contributed by atoms with E-state index in [0.29, 0.717) is 18.2 Å². The summed E-state index contributed by atoms with van der Waals surface area (Å²) in [7, 11) is 0. The Balaban J connectivity index is 1.88. The molecule has 1 unspecified atom stereocenters. The fourth-order valence-corrected chi connectivity index (χ4v) is 2.74. The topological polar surface area (TPSA) is 58.4 Å². The van der Waals surface area contributed by atoms with E-state index in [2.05, 4.69) is 17.1 Å². The lowest BCUT2D eigenvalue weighted by atomic mass is 10.1. The molecule has 1 aromatic rings. The van der Waals surface area contributed by atoms with Crippen LogP contribution in [0.3, 0.4) is 0 Å². The summed E-state index contributed by atoms with van der Waals surface area (Å²) in [6.45, 7) is 6.03. The number of likely N-dealkylation sites (tertiary alicyclic amines) is 1. The zero-order chi connectivity index (χ0) is 15.2. The molecule has 1 aliphatic rings. The van der Waals surface area contributed by atoms with Crippen molar-refractivity contribution in [3.05, 3.63) is 34.1 Å². The number of nitrogens with zero attached hydrogens (tertiary/aromatic N) is 2. The molecule has 1 atom stereocenters.